The van der Waals surface area contributed by atoms with Gasteiger partial charge in [-0.15, -0.1) is 18.3 Å². The molecule has 15 heteroatoms. The number of aromatic nitrogens is 3. The number of carbonyl (C=O) groups excluding carboxylic acids is 1. The second kappa shape index (κ2) is 11.5. The molecule has 0 unspecified atom stereocenters. The van der Waals surface area contributed by atoms with E-state index in [2.05, 4.69) is 9.84 Å². The quantitative estimate of drug-likeness (QED) is 0.306. The van der Waals surface area contributed by atoms with Crippen LogP contribution in [0.1, 0.15) is 32.7 Å². The van der Waals surface area contributed by atoms with Gasteiger partial charge in [0.25, 0.3) is 11.5 Å². The number of rotatable bonds is 6. The first-order chi connectivity index (χ1) is 20.3. The van der Waals surface area contributed by atoms with E-state index in [0.717, 1.165) is 4.68 Å². The van der Waals surface area contributed by atoms with Gasteiger partial charge in [-0.1, -0.05) is 29.3 Å². The zero-order valence-corrected chi connectivity index (χ0v) is 23.5. The molecule has 2 heterocycles. The summed E-state index contributed by atoms with van der Waals surface area (Å²) in [4.78, 5) is 40.6. The van der Waals surface area contributed by atoms with Crippen molar-refractivity contribution in [1.29, 1.82) is 5.26 Å². The standard InChI is InChI=1S/C28H18Cl2F3N5O5/c1-14-6-15(8-19(7-14)43-28(31,32)33)13-37-5-4-16-9-18(2-3-20(16)26(37)40)42-24-21(29)10-17(11-22(24)30)38-27(41)35-25(39)23(12-34)36-38/h2-3,6-11H,4-5,13H2,1H3,(H,35,39,41). The van der Waals surface area contributed by atoms with Gasteiger partial charge in [-0.2, -0.15) is 9.94 Å². The van der Waals surface area contributed by atoms with Crippen molar-refractivity contribution in [1.82, 2.24) is 19.7 Å². The molecule has 3 aromatic carbocycles. The van der Waals surface area contributed by atoms with Crippen LogP contribution in [0.5, 0.6) is 17.2 Å². The third-order valence-corrected chi connectivity index (χ3v) is 6.91. The Morgan fingerprint density at radius 2 is 1.77 bits per heavy atom. The number of nitrogens with zero attached hydrogens (tertiary/aromatic N) is 4. The van der Waals surface area contributed by atoms with Crippen LogP contribution in [0.15, 0.2) is 58.1 Å². The van der Waals surface area contributed by atoms with Crippen LogP contribution in [0.2, 0.25) is 10.0 Å². The maximum Gasteiger partial charge on any atom is 0.573 e. The summed E-state index contributed by atoms with van der Waals surface area (Å²) < 4.78 is 48.8. The summed E-state index contributed by atoms with van der Waals surface area (Å²) in [5, 5.41) is 12.8. The van der Waals surface area contributed by atoms with E-state index < -0.39 is 23.3 Å². The first-order valence-corrected chi connectivity index (χ1v) is 13.2. The second-order valence-electron chi connectivity index (χ2n) is 9.47. The number of carbonyl (C=O) groups is 1. The van der Waals surface area contributed by atoms with Crippen LogP contribution >= 0.6 is 23.2 Å². The Bertz CT molecular complexity index is 1910. The minimum absolute atomic E-state index is 0.00657. The molecule has 1 aromatic heterocycles. The van der Waals surface area contributed by atoms with Crippen molar-refractivity contribution in [2.75, 3.05) is 6.54 Å². The van der Waals surface area contributed by atoms with E-state index in [1.165, 1.54) is 35.2 Å². The van der Waals surface area contributed by atoms with E-state index in [1.807, 2.05) is 4.98 Å². The van der Waals surface area contributed by atoms with Crippen LogP contribution < -0.4 is 20.7 Å². The topological polar surface area (TPSA) is 130 Å². The first-order valence-electron chi connectivity index (χ1n) is 12.4. The number of ether oxygens (including phenoxy) is 2. The molecular formula is C28H18Cl2F3N5O5. The Kier molecular flexibility index (Phi) is 7.92. The number of hydrogen-bond acceptors (Lipinski definition) is 7. The van der Waals surface area contributed by atoms with Gasteiger partial charge < -0.3 is 14.4 Å². The SMILES string of the molecule is Cc1cc(CN2CCc3cc(Oc4c(Cl)cc(-n5nc(C#N)c(=O)[nH]c5=O)cc4Cl)ccc3C2=O)cc(OC(F)(F)F)c1. The van der Waals surface area contributed by atoms with Crippen molar-refractivity contribution < 1.29 is 27.4 Å². The molecule has 0 saturated heterocycles. The van der Waals surface area contributed by atoms with Gasteiger partial charge in [0.05, 0.1) is 15.7 Å². The highest BCUT2D eigenvalue weighted by atomic mass is 35.5. The van der Waals surface area contributed by atoms with Gasteiger partial charge in [0, 0.05) is 18.7 Å². The van der Waals surface area contributed by atoms with E-state index >= 15 is 0 Å². The molecule has 0 atom stereocenters. The molecule has 0 fully saturated rings. The molecular weight excluding hydrogens is 614 g/mol. The molecule has 43 heavy (non-hydrogen) atoms. The van der Waals surface area contributed by atoms with Crippen LogP contribution in [-0.2, 0) is 13.0 Å². The number of H-pyrrole nitrogens is 1. The summed E-state index contributed by atoms with van der Waals surface area (Å²) in [5.41, 5.74) is -0.168. The number of fused-ring (bicyclic) bond motifs is 1. The van der Waals surface area contributed by atoms with Gasteiger partial charge in [-0.25, -0.2) is 4.79 Å². The fourth-order valence-electron chi connectivity index (χ4n) is 4.59. The molecule has 10 nitrogen and oxygen atoms in total. The Hall–Kier alpha value is -4.80. The van der Waals surface area contributed by atoms with Crippen molar-refractivity contribution >= 4 is 29.1 Å². The monoisotopic (exact) mass is 631 g/mol. The predicted octanol–water partition coefficient (Wildman–Crippen LogP) is 5.30. The Balaban J connectivity index is 1.35. The summed E-state index contributed by atoms with van der Waals surface area (Å²) in [7, 11) is 0. The van der Waals surface area contributed by atoms with E-state index in [-0.39, 0.29) is 39.7 Å². The lowest BCUT2D eigenvalue weighted by molar-refractivity contribution is -0.274. The average molecular weight is 632 g/mol. The summed E-state index contributed by atoms with van der Waals surface area (Å²) in [6.45, 7) is 2.03. The maximum atomic E-state index is 13.2. The highest BCUT2D eigenvalue weighted by molar-refractivity contribution is 6.37. The fourth-order valence-corrected chi connectivity index (χ4v) is 5.14. The zero-order chi connectivity index (χ0) is 31.1. The van der Waals surface area contributed by atoms with E-state index in [0.29, 0.717) is 41.0 Å². The number of halogens is 5. The minimum Gasteiger partial charge on any atom is -0.454 e. The van der Waals surface area contributed by atoms with Crippen molar-refractivity contribution in [2.24, 2.45) is 0 Å². The highest BCUT2D eigenvalue weighted by Crippen LogP contribution is 2.39. The number of alkyl halides is 3. The highest BCUT2D eigenvalue weighted by Gasteiger charge is 2.31. The third-order valence-electron chi connectivity index (χ3n) is 6.34. The van der Waals surface area contributed by atoms with Crippen LogP contribution in [0.3, 0.4) is 0 Å². The molecule has 5 rings (SSSR count). The van der Waals surface area contributed by atoms with E-state index in [9.17, 15) is 27.6 Å². The molecule has 220 valence electrons. The number of aromatic amines is 1. The third kappa shape index (κ3) is 6.50. The molecule has 4 aromatic rings. The summed E-state index contributed by atoms with van der Waals surface area (Å²) in [6, 6.07) is 13.2. The van der Waals surface area contributed by atoms with Gasteiger partial charge in [0.2, 0.25) is 5.69 Å². The van der Waals surface area contributed by atoms with E-state index in [1.54, 1.807) is 31.2 Å². The zero-order valence-electron chi connectivity index (χ0n) is 22.0. The molecule has 0 spiro atoms. The lowest BCUT2D eigenvalue weighted by atomic mass is 9.98. The lowest BCUT2D eigenvalue weighted by Crippen LogP contribution is -2.37. The van der Waals surface area contributed by atoms with Crippen molar-refractivity contribution in [2.45, 2.75) is 26.3 Å². The number of nitriles is 1. The number of benzene rings is 3. The van der Waals surface area contributed by atoms with Crippen LogP contribution in [-0.4, -0.2) is 38.5 Å². The molecule has 0 bridgehead atoms. The maximum absolute atomic E-state index is 13.2. The average Bonchev–Trinajstić information content (AvgIpc) is 2.91. The smallest absolute Gasteiger partial charge is 0.454 e. The van der Waals surface area contributed by atoms with Gasteiger partial charge in [0.15, 0.2) is 5.75 Å². The summed E-state index contributed by atoms with van der Waals surface area (Å²) >= 11 is 12.8. The number of nitrogens with one attached hydrogen (secondary N) is 1. The fraction of sp³-hybridized carbons (Fsp3) is 0.179. The summed E-state index contributed by atoms with van der Waals surface area (Å²) in [6.07, 6.45) is -4.39. The number of hydrogen-bond donors (Lipinski definition) is 1. The normalized spacial score (nSPS) is 13.0. The van der Waals surface area contributed by atoms with Crippen LogP contribution in [0.25, 0.3) is 5.69 Å². The molecule has 0 radical (unpaired) electrons. The van der Waals surface area contributed by atoms with Crippen molar-refractivity contribution in [3.8, 4) is 29.0 Å². The molecule has 1 aliphatic heterocycles. The van der Waals surface area contributed by atoms with Crippen molar-refractivity contribution in [3.05, 3.63) is 107 Å². The lowest BCUT2D eigenvalue weighted by Gasteiger charge is -2.29. The molecule has 1 amide bonds. The second-order valence-corrected chi connectivity index (χ2v) is 10.3. The van der Waals surface area contributed by atoms with Gasteiger partial charge >= 0.3 is 12.1 Å². The van der Waals surface area contributed by atoms with Crippen LogP contribution in [0.4, 0.5) is 13.2 Å². The largest absolute Gasteiger partial charge is 0.573 e. The van der Waals surface area contributed by atoms with Gasteiger partial charge in [0.1, 0.15) is 17.6 Å². The minimum atomic E-state index is -4.83. The summed E-state index contributed by atoms with van der Waals surface area (Å²) in [5.74, 6) is -0.294. The van der Waals surface area contributed by atoms with Crippen molar-refractivity contribution in [3.63, 3.8) is 0 Å². The molecule has 0 aliphatic carbocycles. The molecule has 1 N–H and O–H groups in total. The number of amides is 1. The first kappa shape index (κ1) is 29.7. The Morgan fingerprint density at radius 1 is 1.05 bits per heavy atom. The number of aryl methyl sites for hydroxylation is 1. The Morgan fingerprint density at radius 3 is 2.44 bits per heavy atom. The molecule has 0 saturated carbocycles. The van der Waals surface area contributed by atoms with Crippen LogP contribution in [0, 0.1) is 18.3 Å². The van der Waals surface area contributed by atoms with Gasteiger partial charge in [-0.3, -0.25) is 14.6 Å². The predicted molar refractivity (Wildman–Crippen MR) is 148 cm³/mol. The van der Waals surface area contributed by atoms with E-state index in [4.69, 9.17) is 33.2 Å². The van der Waals surface area contributed by atoms with Gasteiger partial charge in [-0.05, 0) is 72.5 Å². The molecule has 1 aliphatic rings. The Labute approximate surface area is 250 Å².